The standard InChI is InChI=1S/C18H16N6O5/c1-28-13-6-2-12(3-7-13)22-18-20-10-15(24(26)27)16(23-18)21-11-4-8-14(9-5-11)29-17(19)25/h2-10H,1H3,(H2,19,25)(H2,20,21,22,23). The third-order valence-electron chi connectivity index (χ3n) is 3.65. The number of rotatable bonds is 7. The third kappa shape index (κ3) is 5.07. The van der Waals surface area contributed by atoms with Gasteiger partial charge in [0.25, 0.3) is 0 Å². The molecule has 0 aliphatic heterocycles. The number of aromatic nitrogens is 2. The van der Waals surface area contributed by atoms with Crippen molar-refractivity contribution in [3.63, 3.8) is 0 Å². The number of nitrogens with two attached hydrogens (primary N) is 1. The highest BCUT2D eigenvalue weighted by molar-refractivity contribution is 5.70. The molecule has 11 nitrogen and oxygen atoms in total. The van der Waals surface area contributed by atoms with Crippen LogP contribution < -0.4 is 25.8 Å². The van der Waals surface area contributed by atoms with E-state index in [9.17, 15) is 14.9 Å². The average molecular weight is 396 g/mol. The average Bonchev–Trinajstić information content (AvgIpc) is 2.70. The molecule has 29 heavy (non-hydrogen) atoms. The van der Waals surface area contributed by atoms with Crippen LogP contribution in [0.25, 0.3) is 0 Å². The van der Waals surface area contributed by atoms with E-state index in [2.05, 4.69) is 20.6 Å². The molecule has 1 heterocycles. The van der Waals surface area contributed by atoms with Crippen molar-refractivity contribution in [1.82, 2.24) is 9.97 Å². The van der Waals surface area contributed by atoms with Crippen LogP contribution in [-0.2, 0) is 0 Å². The molecule has 1 aromatic heterocycles. The number of amides is 1. The maximum atomic E-state index is 11.3. The first-order chi connectivity index (χ1) is 13.9. The van der Waals surface area contributed by atoms with E-state index in [-0.39, 0.29) is 23.2 Å². The van der Waals surface area contributed by atoms with Gasteiger partial charge in [-0.15, -0.1) is 0 Å². The van der Waals surface area contributed by atoms with E-state index in [1.807, 2.05) is 0 Å². The smallest absolute Gasteiger partial charge is 0.409 e. The van der Waals surface area contributed by atoms with Gasteiger partial charge in [-0.1, -0.05) is 0 Å². The molecule has 0 saturated heterocycles. The van der Waals surface area contributed by atoms with Crippen molar-refractivity contribution >= 4 is 34.9 Å². The number of benzene rings is 2. The predicted octanol–water partition coefficient (Wildman–Crippen LogP) is 3.34. The molecule has 148 valence electrons. The van der Waals surface area contributed by atoms with Gasteiger partial charge in [-0.25, -0.2) is 9.78 Å². The molecule has 1 amide bonds. The molecule has 0 aliphatic rings. The van der Waals surface area contributed by atoms with Gasteiger partial charge in [0.15, 0.2) is 0 Å². The van der Waals surface area contributed by atoms with Crippen LogP contribution in [0.5, 0.6) is 11.5 Å². The Morgan fingerprint density at radius 2 is 1.62 bits per heavy atom. The Kier molecular flexibility index (Phi) is 5.69. The number of anilines is 4. The second-order valence-electron chi connectivity index (χ2n) is 5.61. The van der Waals surface area contributed by atoms with Crippen LogP contribution in [0.3, 0.4) is 0 Å². The molecule has 0 fully saturated rings. The second-order valence-corrected chi connectivity index (χ2v) is 5.61. The topological polar surface area (TPSA) is 155 Å². The minimum absolute atomic E-state index is 0.00965. The lowest BCUT2D eigenvalue weighted by Gasteiger charge is -2.10. The van der Waals surface area contributed by atoms with Gasteiger partial charge in [-0.3, -0.25) is 10.1 Å². The molecule has 4 N–H and O–H groups in total. The quantitative estimate of drug-likeness (QED) is 0.403. The number of methoxy groups -OCH3 is 1. The summed E-state index contributed by atoms with van der Waals surface area (Å²) in [4.78, 5) is 29.6. The molecule has 0 aliphatic carbocycles. The molecule has 2 aromatic carbocycles. The van der Waals surface area contributed by atoms with E-state index >= 15 is 0 Å². The van der Waals surface area contributed by atoms with Crippen LogP contribution in [0.1, 0.15) is 0 Å². The maximum Gasteiger partial charge on any atom is 0.409 e. The van der Waals surface area contributed by atoms with Crippen molar-refractivity contribution in [3.8, 4) is 11.5 Å². The molecule has 0 spiro atoms. The van der Waals surface area contributed by atoms with Gasteiger partial charge >= 0.3 is 11.8 Å². The Balaban J connectivity index is 1.82. The van der Waals surface area contributed by atoms with Gasteiger partial charge < -0.3 is 25.8 Å². The van der Waals surface area contributed by atoms with Crippen LogP contribution in [-0.4, -0.2) is 28.1 Å². The highest BCUT2D eigenvalue weighted by Gasteiger charge is 2.18. The largest absolute Gasteiger partial charge is 0.497 e. The normalized spacial score (nSPS) is 10.1. The van der Waals surface area contributed by atoms with E-state index in [4.69, 9.17) is 15.2 Å². The molecule has 0 saturated carbocycles. The number of carbonyl (C=O) groups excluding carboxylic acids is 1. The van der Waals surface area contributed by atoms with E-state index in [1.165, 1.54) is 12.1 Å². The molecule has 0 atom stereocenters. The van der Waals surface area contributed by atoms with Crippen molar-refractivity contribution in [1.29, 1.82) is 0 Å². The first kappa shape index (κ1) is 19.4. The number of nitro groups is 1. The lowest BCUT2D eigenvalue weighted by atomic mass is 10.3. The van der Waals surface area contributed by atoms with E-state index in [1.54, 1.807) is 43.5 Å². The molecule has 3 aromatic rings. The summed E-state index contributed by atoms with van der Waals surface area (Å²) in [6.45, 7) is 0. The number of ether oxygens (including phenoxy) is 2. The Labute approximate surface area is 164 Å². The summed E-state index contributed by atoms with van der Waals surface area (Å²) in [5.74, 6) is 1.08. The van der Waals surface area contributed by atoms with Gasteiger partial charge in [0, 0.05) is 11.4 Å². The van der Waals surface area contributed by atoms with E-state index in [0.717, 1.165) is 6.20 Å². The first-order valence-corrected chi connectivity index (χ1v) is 8.21. The number of primary amides is 1. The van der Waals surface area contributed by atoms with Crippen molar-refractivity contribution in [3.05, 3.63) is 64.8 Å². The summed E-state index contributed by atoms with van der Waals surface area (Å²) in [7, 11) is 1.56. The summed E-state index contributed by atoms with van der Waals surface area (Å²) >= 11 is 0. The van der Waals surface area contributed by atoms with Crippen LogP contribution in [0, 0.1) is 10.1 Å². The van der Waals surface area contributed by atoms with Crippen molar-refractivity contribution in [2.45, 2.75) is 0 Å². The monoisotopic (exact) mass is 396 g/mol. The Morgan fingerprint density at radius 3 is 2.17 bits per heavy atom. The summed E-state index contributed by atoms with van der Waals surface area (Å²) in [6, 6.07) is 13.1. The predicted molar refractivity (Wildman–Crippen MR) is 105 cm³/mol. The van der Waals surface area contributed by atoms with Gasteiger partial charge in [0.05, 0.1) is 12.0 Å². The summed E-state index contributed by atoms with van der Waals surface area (Å²) in [5.41, 5.74) is 5.81. The molecular formula is C18H16N6O5. The van der Waals surface area contributed by atoms with Crippen molar-refractivity contribution in [2.75, 3.05) is 17.7 Å². The lowest BCUT2D eigenvalue weighted by molar-refractivity contribution is -0.384. The van der Waals surface area contributed by atoms with Gasteiger partial charge in [-0.2, -0.15) is 4.98 Å². The van der Waals surface area contributed by atoms with Crippen LogP contribution in [0.2, 0.25) is 0 Å². The van der Waals surface area contributed by atoms with Crippen LogP contribution in [0.15, 0.2) is 54.7 Å². The Bertz CT molecular complexity index is 1020. The SMILES string of the molecule is COc1ccc(Nc2ncc([N+](=O)[O-])c(Nc3ccc(OC(N)=O)cc3)n2)cc1. The fourth-order valence-electron chi connectivity index (χ4n) is 2.32. The van der Waals surface area contributed by atoms with Gasteiger partial charge in [-0.05, 0) is 48.5 Å². The first-order valence-electron chi connectivity index (χ1n) is 8.21. The number of carbonyl (C=O) groups is 1. The van der Waals surface area contributed by atoms with E-state index in [0.29, 0.717) is 17.1 Å². The number of hydrogen-bond donors (Lipinski definition) is 3. The Morgan fingerprint density at radius 1 is 1.03 bits per heavy atom. The molecule has 0 radical (unpaired) electrons. The molecule has 11 heteroatoms. The zero-order valence-corrected chi connectivity index (χ0v) is 15.2. The second kappa shape index (κ2) is 8.52. The highest BCUT2D eigenvalue weighted by atomic mass is 16.6. The third-order valence-corrected chi connectivity index (χ3v) is 3.65. The van der Waals surface area contributed by atoms with Crippen LogP contribution in [0.4, 0.5) is 33.6 Å². The zero-order valence-electron chi connectivity index (χ0n) is 15.2. The molecular weight excluding hydrogens is 380 g/mol. The van der Waals surface area contributed by atoms with Crippen molar-refractivity contribution in [2.24, 2.45) is 5.73 Å². The van der Waals surface area contributed by atoms with Crippen molar-refractivity contribution < 1.29 is 19.2 Å². The van der Waals surface area contributed by atoms with Gasteiger partial charge in [0.2, 0.25) is 11.8 Å². The maximum absolute atomic E-state index is 11.3. The Hall–Kier alpha value is -4.41. The summed E-state index contributed by atoms with van der Waals surface area (Å²) in [5, 5.41) is 17.1. The summed E-state index contributed by atoms with van der Waals surface area (Å²) in [6.07, 6.45) is 0.164. The minimum Gasteiger partial charge on any atom is -0.497 e. The molecule has 3 rings (SSSR count). The zero-order chi connectivity index (χ0) is 20.8. The number of nitrogens with zero attached hydrogens (tertiary/aromatic N) is 3. The fraction of sp³-hybridized carbons (Fsp3) is 0.0556. The molecule has 0 unspecified atom stereocenters. The highest BCUT2D eigenvalue weighted by Crippen LogP contribution is 2.28. The molecule has 0 bridgehead atoms. The number of hydrogen-bond acceptors (Lipinski definition) is 9. The number of nitrogens with one attached hydrogen (secondary N) is 2. The van der Waals surface area contributed by atoms with Crippen LogP contribution >= 0.6 is 0 Å². The van der Waals surface area contributed by atoms with Gasteiger partial charge in [0.1, 0.15) is 17.7 Å². The lowest BCUT2D eigenvalue weighted by Crippen LogP contribution is -2.16. The van der Waals surface area contributed by atoms with E-state index < -0.39 is 11.0 Å². The minimum atomic E-state index is -0.939. The fourth-order valence-corrected chi connectivity index (χ4v) is 2.32. The summed E-state index contributed by atoms with van der Waals surface area (Å²) < 4.78 is 9.84.